The van der Waals surface area contributed by atoms with Crippen molar-refractivity contribution < 1.29 is 0 Å². The number of likely N-dealkylation sites (N-methyl/N-ethyl adjacent to an activating group) is 2. The average molecular weight is 248 g/mol. The Hall–Kier alpha value is -1.13. The molecule has 0 bridgehead atoms. The van der Waals surface area contributed by atoms with Crippen molar-refractivity contribution >= 4 is 5.82 Å². The van der Waals surface area contributed by atoms with Crippen molar-refractivity contribution in [1.82, 2.24) is 15.2 Å². The molecule has 1 fully saturated rings. The van der Waals surface area contributed by atoms with E-state index in [1.165, 1.54) is 25.7 Å². The normalized spacial score (nSPS) is 20.2. The minimum Gasteiger partial charge on any atom is -0.383 e. The first-order chi connectivity index (χ1) is 8.62. The largest absolute Gasteiger partial charge is 0.383 e. The van der Waals surface area contributed by atoms with Crippen LogP contribution in [0.3, 0.4) is 0 Å². The number of nitrogens with one attached hydrogen (secondary N) is 1. The van der Waals surface area contributed by atoms with E-state index in [2.05, 4.69) is 35.4 Å². The van der Waals surface area contributed by atoms with Crippen molar-refractivity contribution in [3.05, 3.63) is 23.9 Å². The van der Waals surface area contributed by atoms with Gasteiger partial charge in [-0.25, -0.2) is 4.98 Å². The predicted octanol–water partition coefficient (Wildman–Crippen LogP) is 1.80. The number of anilines is 1. The number of aromatic nitrogens is 1. The molecule has 2 rings (SSSR count). The van der Waals surface area contributed by atoms with E-state index in [0.717, 1.165) is 5.56 Å². The van der Waals surface area contributed by atoms with Gasteiger partial charge in [0.2, 0.25) is 0 Å². The highest BCUT2D eigenvalue weighted by molar-refractivity contribution is 5.42. The lowest BCUT2D eigenvalue weighted by atomic mass is 9.82. The van der Waals surface area contributed by atoms with Gasteiger partial charge in [-0.2, -0.15) is 0 Å². The zero-order chi connectivity index (χ0) is 13.2. The lowest BCUT2D eigenvalue weighted by Crippen LogP contribution is -2.51. The van der Waals surface area contributed by atoms with Gasteiger partial charge in [0.05, 0.1) is 6.04 Å². The first kappa shape index (κ1) is 13.3. The van der Waals surface area contributed by atoms with Gasteiger partial charge in [-0.3, -0.25) is 0 Å². The summed E-state index contributed by atoms with van der Waals surface area (Å²) in [6.45, 7) is 0. The number of nitrogens with two attached hydrogens (primary N) is 1. The van der Waals surface area contributed by atoms with E-state index in [0.29, 0.717) is 5.82 Å². The van der Waals surface area contributed by atoms with Gasteiger partial charge in [0, 0.05) is 17.3 Å². The lowest BCUT2D eigenvalue weighted by molar-refractivity contribution is 0.109. The topological polar surface area (TPSA) is 54.2 Å². The Kier molecular flexibility index (Phi) is 3.88. The van der Waals surface area contributed by atoms with Gasteiger partial charge in [0.25, 0.3) is 0 Å². The number of hydrogen-bond donors (Lipinski definition) is 2. The lowest BCUT2D eigenvalue weighted by Gasteiger charge is -2.43. The van der Waals surface area contributed by atoms with Crippen LogP contribution in [0, 0.1) is 0 Å². The molecule has 1 heterocycles. The SMILES string of the molecule is CNC(c1cccnc1N)C1(N(C)C)CCCC1. The van der Waals surface area contributed by atoms with Crippen molar-refractivity contribution in [2.24, 2.45) is 0 Å². The van der Waals surface area contributed by atoms with Crippen LogP contribution in [0.5, 0.6) is 0 Å². The van der Waals surface area contributed by atoms with Crippen LogP contribution in [0.2, 0.25) is 0 Å². The fourth-order valence-corrected chi connectivity index (χ4v) is 3.37. The zero-order valence-corrected chi connectivity index (χ0v) is 11.6. The molecular weight excluding hydrogens is 224 g/mol. The third-order valence-corrected chi connectivity index (χ3v) is 4.37. The van der Waals surface area contributed by atoms with Crippen molar-refractivity contribution in [2.75, 3.05) is 26.9 Å². The summed E-state index contributed by atoms with van der Waals surface area (Å²) in [4.78, 5) is 6.58. The number of rotatable bonds is 4. The molecule has 0 radical (unpaired) electrons. The summed E-state index contributed by atoms with van der Waals surface area (Å²) in [5.41, 5.74) is 7.33. The number of pyridine rings is 1. The van der Waals surface area contributed by atoms with Crippen molar-refractivity contribution in [3.63, 3.8) is 0 Å². The molecule has 0 aliphatic heterocycles. The van der Waals surface area contributed by atoms with Crippen molar-refractivity contribution in [2.45, 2.75) is 37.3 Å². The molecule has 4 nitrogen and oxygen atoms in total. The first-order valence-electron chi connectivity index (χ1n) is 6.67. The fraction of sp³-hybridized carbons (Fsp3) is 0.643. The van der Waals surface area contributed by atoms with Gasteiger partial charge in [-0.15, -0.1) is 0 Å². The number of nitrogens with zero attached hydrogens (tertiary/aromatic N) is 2. The van der Waals surface area contributed by atoms with Crippen molar-refractivity contribution in [3.8, 4) is 0 Å². The van der Waals surface area contributed by atoms with Crippen LogP contribution in [-0.2, 0) is 0 Å². The second-order valence-corrected chi connectivity index (χ2v) is 5.40. The fourth-order valence-electron chi connectivity index (χ4n) is 3.37. The minimum absolute atomic E-state index is 0.159. The molecule has 3 N–H and O–H groups in total. The maximum atomic E-state index is 6.05. The Bertz CT molecular complexity index is 397. The molecule has 0 amide bonds. The molecule has 100 valence electrons. The Morgan fingerprint density at radius 3 is 2.56 bits per heavy atom. The molecule has 1 aliphatic rings. The summed E-state index contributed by atoms with van der Waals surface area (Å²) in [7, 11) is 6.35. The highest BCUT2D eigenvalue weighted by Gasteiger charge is 2.43. The zero-order valence-electron chi connectivity index (χ0n) is 11.6. The van der Waals surface area contributed by atoms with Crippen LogP contribution in [0.25, 0.3) is 0 Å². The van der Waals surface area contributed by atoms with Crippen LogP contribution in [-0.4, -0.2) is 36.6 Å². The molecule has 1 saturated carbocycles. The van der Waals surface area contributed by atoms with Crippen LogP contribution in [0.4, 0.5) is 5.82 Å². The van der Waals surface area contributed by atoms with Crippen molar-refractivity contribution in [1.29, 1.82) is 0 Å². The van der Waals surface area contributed by atoms with E-state index in [9.17, 15) is 0 Å². The molecule has 0 aromatic carbocycles. The summed E-state index contributed by atoms with van der Waals surface area (Å²) >= 11 is 0. The molecule has 0 saturated heterocycles. The third kappa shape index (κ3) is 2.10. The van der Waals surface area contributed by atoms with Gasteiger partial charge in [0.15, 0.2) is 0 Å². The van der Waals surface area contributed by atoms with E-state index in [1.54, 1.807) is 6.20 Å². The smallest absolute Gasteiger partial charge is 0.128 e. The third-order valence-electron chi connectivity index (χ3n) is 4.37. The minimum atomic E-state index is 0.159. The van der Waals surface area contributed by atoms with E-state index >= 15 is 0 Å². The van der Waals surface area contributed by atoms with E-state index < -0.39 is 0 Å². The van der Waals surface area contributed by atoms with Gasteiger partial charge in [-0.05, 0) is 40.1 Å². The van der Waals surface area contributed by atoms with Crippen LogP contribution < -0.4 is 11.1 Å². The molecule has 1 atom stereocenters. The summed E-state index contributed by atoms with van der Waals surface area (Å²) in [5.74, 6) is 0.643. The first-order valence-corrected chi connectivity index (χ1v) is 6.67. The van der Waals surface area contributed by atoms with Crippen LogP contribution in [0.1, 0.15) is 37.3 Å². The summed E-state index contributed by atoms with van der Waals surface area (Å²) < 4.78 is 0. The van der Waals surface area contributed by atoms with E-state index in [1.807, 2.05) is 13.1 Å². The molecule has 1 aromatic heterocycles. The average Bonchev–Trinajstić information content (AvgIpc) is 2.83. The molecular formula is C14H24N4. The highest BCUT2D eigenvalue weighted by atomic mass is 15.2. The van der Waals surface area contributed by atoms with E-state index in [-0.39, 0.29) is 11.6 Å². The van der Waals surface area contributed by atoms with Gasteiger partial charge >= 0.3 is 0 Å². The maximum Gasteiger partial charge on any atom is 0.128 e. The Morgan fingerprint density at radius 1 is 1.39 bits per heavy atom. The summed E-state index contributed by atoms with van der Waals surface area (Å²) in [6.07, 6.45) is 6.75. The number of nitrogen functional groups attached to an aromatic ring is 1. The predicted molar refractivity (Wildman–Crippen MR) is 75.3 cm³/mol. The monoisotopic (exact) mass is 248 g/mol. The second kappa shape index (κ2) is 5.24. The number of hydrogen-bond acceptors (Lipinski definition) is 4. The molecule has 1 unspecified atom stereocenters. The van der Waals surface area contributed by atoms with Crippen LogP contribution >= 0.6 is 0 Å². The standard InChI is InChI=1S/C14H24N4/c1-16-12(11-7-6-10-17-13(11)15)14(18(2)3)8-4-5-9-14/h6-7,10,12,16H,4-5,8-9H2,1-3H3,(H2,15,17). The molecule has 1 aliphatic carbocycles. The summed E-state index contributed by atoms with van der Waals surface area (Å²) in [6, 6.07) is 4.30. The highest BCUT2D eigenvalue weighted by Crippen LogP contribution is 2.44. The van der Waals surface area contributed by atoms with E-state index in [4.69, 9.17) is 5.73 Å². The molecule has 0 spiro atoms. The van der Waals surface area contributed by atoms with Gasteiger partial charge in [0.1, 0.15) is 5.82 Å². The Labute approximate surface area is 110 Å². The second-order valence-electron chi connectivity index (χ2n) is 5.40. The molecule has 4 heteroatoms. The molecule has 1 aromatic rings. The quantitative estimate of drug-likeness (QED) is 0.853. The molecule has 18 heavy (non-hydrogen) atoms. The van der Waals surface area contributed by atoms with Crippen LogP contribution in [0.15, 0.2) is 18.3 Å². The Balaban J connectivity index is 2.41. The Morgan fingerprint density at radius 2 is 2.06 bits per heavy atom. The van der Waals surface area contributed by atoms with Gasteiger partial charge < -0.3 is 16.0 Å². The maximum absolute atomic E-state index is 6.05. The van der Waals surface area contributed by atoms with Gasteiger partial charge in [-0.1, -0.05) is 18.9 Å². The summed E-state index contributed by atoms with van der Waals surface area (Å²) in [5, 5.41) is 3.46.